The van der Waals surface area contributed by atoms with Crippen molar-refractivity contribution < 1.29 is 63.8 Å². The summed E-state index contributed by atoms with van der Waals surface area (Å²) in [4.78, 5) is 46.2. The molecule has 0 radical (unpaired) electrons. The first kappa shape index (κ1) is 44.8. The second-order valence-electron chi connectivity index (χ2n) is 11.6. The number of nitrogens with zero attached hydrogens (tertiary/aromatic N) is 5. The Morgan fingerprint density at radius 1 is 0.596 bits per heavy atom. The number of non-ortho nitro benzene ring substituents is 2. The van der Waals surface area contributed by atoms with E-state index in [1.165, 1.54) is 36.4 Å². The molecule has 0 amide bonds. The molecule has 0 atom stereocenters. The number of anilines is 2. The number of hydrogen-bond acceptors (Lipinski definition) is 16. The van der Waals surface area contributed by atoms with Gasteiger partial charge in [0, 0.05) is 72.4 Å². The number of ketones is 2. The van der Waals surface area contributed by atoms with Gasteiger partial charge in [0.15, 0.2) is 0 Å². The Kier molecular flexibility index (Phi) is 17.4. The molecule has 4 aromatic carbocycles. The van der Waals surface area contributed by atoms with Crippen LogP contribution in [0, 0.1) is 20.2 Å². The quantitative estimate of drug-likeness (QED) is 0.0609. The summed E-state index contributed by atoms with van der Waals surface area (Å²) >= 11 is 0. The molecular weight excluding hydrogens is 782 g/mol. The first-order valence-electron chi connectivity index (χ1n) is 16.8. The van der Waals surface area contributed by atoms with Gasteiger partial charge in [-0.25, -0.2) is 0 Å². The van der Waals surface area contributed by atoms with E-state index >= 15 is 0 Å². The van der Waals surface area contributed by atoms with Gasteiger partial charge >= 0.3 is 1.43 Å². The molecule has 0 bridgehead atoms. The van der Waals surface area contributed by atoms with E-state index in [-0.39, 0.29) is 95.8 Å². The number of benzene rings is 4. The largest absolute Gasteiger partial charge is 1.00 e. The number of phenolic OH excluding ortho intramolecular Hbond substituents is 2. The van der Waals surface area contributed by atoms with Crippen molar-refractivity contribution in [2.75, 3.05) is 50.3 Å². The minimum atomic E-state index is -0.582. The predicted octanol–water partition coefficient (Wildman–Crippen LogP) is 3.80. The van der Waals surface area contributed by atoms with Crippen molar-refractivity contribution in [1.82, 2.24) is 4.90 Å². The summed E-state index contributed by atoms with van der Waals surface area (Å²) in [5, 5.41) is 74.6. The van der Waals surface area contributed by atoms with Crippen LogP contribution in [0.25, 0.3) is 12.2 Å². The summed E-state index contributed by atoms with van der Waals surface area (Å²) in [7, 11) is 0. The van der Waals surface area contributed by atoms with Gasteiger partial charge in [0.2, 0.25) is 11.6 Å². The Hall–Kier alpha value is -6.59. The fourth-order valence-electron chi connectivity index (χ4n) is 5.15. The Bertz CT molecular complexity index is 2060. The summed E-state index contributed by atoms with van der Waals surface area (Å²) in [6.45, 7) is 1.75. The van der Waals surface area contributed by atoms with Crippen LogP contribution in [-0.4, -0.2) is 103 Å². The molecule has 2 aliphatic carbocycles. The maximum atomic E-state index is 12.0. The van der Waals surface area contributed by atoms with Crippen molar-refractivity contribution in [3.63, 3.8) is 0 Å². The van der Waals surface area contributed by atoms with Gasteiger partial charge in [-0.1, -0.05) is 60.7 Å². The Balaban J connectivity index is 0.000000318. The molecule has 2 aliphatic rings. The van der Waals surface area contributed by atoms with Gasteiger partial charge in [-0.15, -0.1) is 0 Å². The van der Waals surface area contributed by atoms with Crippen molar-refractivity contribution in [1.29, 1.82) is 0 Å². The zero-order chi connectivity index (χ0) is 40.6. The van der Waals surface area contributed by atoms with Crippen molar-refractivity contribution in [3.05, 3.63) is 140 Å². The Labute approximate surface area is 337 Å². The molecule has 18 nitrogen and oxygen atoms in total. The number of nitro groups is 2. The zero-order valence-electron chi connectivity index (χ0n) is 31.0. The van der Waals surface area contributed by atoms with Gasteiger partial charge in [0.25, 0.3) is 11.4 Å². The number of aliphatic hydroxyl groups excluding tert-OH is 3. The monoisotopic (exact) mass is 820 g/mol. The van der Waals surface area contributed by atoms with Crippen LogP contribution in [0.1, 0.15) is 23.7 Å². The number of hydrogen-bond donors (Lipinski definition) is 7. The predicted molar refractivity (Wildman–Crippen MR) is 210 cm³/mol. The van der Waals surface area contributed by atoms with Gasteiger partial charge in [-0.05, 0) is 35.4 Å². The molecule has 0 aliphatic heterocycles. The molecule has 0 heterocycles. The number of rotatable bonds is 12. The summed E-state index contributed by atoms with van der Waals surface area (Å²) in [6, 6.07) is 21.5. The topological polar surface area (TPSA) is 274 Å². The number of aromatic hydroxyl groups is 2. The van der Waals surface area contributed by atoms with Gasteiger partial charge in [-0.2, -0.15) is 10.2 Å². The van der Waals surface area contributed by atoms with E-state index in [0.717, 1.165) is 23.3 Å². The number of allylic oxidation sites excluding steroid dienone is 2. The number of carbonyl (C=O) groups is 2. The smallest absolute Gasteiger partial charge is 0.506 e. The number of hydrazone groups is 2. The van der Waals surface area contributed by atoms with E-state index in [4.69, 9.17) is 15.3 Å². The second kappa shape index (κ2) is 22.1. The van der Waals surface area contributed by atoms with Crippen molar-refractivity contribution in [2.24, 2.45) is 10.2 Å². The maximum Gasteiger partial charge on any atom is 1.00 e. The summed E-state index contributed by atoms with van der Waals surface area (Å²) in [6.07, 6.45) is 6.19. The third-order valence-electron chi connectivity index (χ3n) is 7.93. The average molecular weight is 821 g/mol. The van der Waals surface area contributed by atoms with E-state index in [1.807, 2.05) is 24.3 Å². The van der Waals surface area contributed by atoms with E-state index in [0.29, 0.717) is 30.8 Å². The second-order valence-corrected chi connectivity index (χ2v) is 11.6. The van der Waals surface area contributed by atoms with Crippen LogP contribution in [0.5, 0.6) is 11.5 Å². The first-order valence-corrected chi connectivity index (χ1v) is 16.8. The molecule has 57 heavy (non-hydrogen) atoms. The maximum absolute atomic E-state index is 12.0. The van der Waals surface area contributed by atoms with Crippen LogP contribution in [0.4, 0.5) is 22.7 Å². The first-order chi connectivity index (χ1) is 27.0. The molecule has 0 aromatic heterocycles. The number of carbonyl (C=O) groups excluding carboxylic acids is 2. The molecule has 4 aromatic rings. The normalized spacial score (nSPS) is 13.7. The number of phenols is 2. The van der Waals surface area contributed by atoms with Crippen LogP contribution in [0.15, 0.2) is 107 Å². The molecular formula is C38H38CrN7O11+. The molecule has 19 heteroatoms. The van der Waals surface area contributed by atoms with E-state index in [1.54, 1.807) is 41.3 Å². The molecule has 0 saturated carbocycles. The summed E-state index contributed by atoms with van der Waals surface area (Å²) in [5.41, 5.74) is 8.10. The van der Waals surface area contributed by atoms with Gasteiger partial charge in [0.05, 0.1) is 29.7 Å². The number of fused-ring (bicyclic) bond motifs is 2. The summed E-state index contributed by atoms with van der Waals surface area (Å²) in [5.74, 6) is -0.985. The molecule has 0 saturated heterocycles. The van der Waals surface area contributed by atoms with Crippen LogP contribution < -0.4 is 10.9 Å². The molecule has 6 rings (SSSR count). The molecule has 0 fully saturated rings. The van der Waals surface area contributed by atoms with E-state index < -0.39 is 9.85 Å². The fourth-order valence-corrected chi connectivity index (χ4v) is 5.15. The summed E-state index contributed by atoms with van der Waals surface area (Å²) < 4.78 is 0. The van der Waals surface area contributed by atoms with Crippen LogP contribution in [0.3, 0.4) is 0 Å². The molecule has 7 N–H and O–H groups in total. The fraction of sp³-hybridized carbons (Fsp3) is 0.158. The minimum Gasteiger partial charge on any atom is -0.506 e. The Morgan fingerprint density at radius 3 is 1.32 bits per heavy atom. The van der Waals surface area contributed by atoms with Crippen LogP contribution >= 0.6 is 0 Å². The van der Waals surface area contributed by atoms with Gasteiger partial charge < -0.3 is 25.5 Å². The Morgan fingerprint density at radius 2 is 0.965 bits per heavy atom. The number of nitrogens with one attached hydrogen (secondary N) is 2. The SMILES string of the molecule is O=C1C=Cc2ccccc2/C1=N/Nc1cc([N+](=O)[O-])ccc1O.O=C1C=Cc2ccccc2/C1=N/Nc1cc([N+](=O)[O-])ccc1O.OCCN(CCO)CCO.[Cr].[H+]. The van der Waals surface area contributed by atoms with Gasteiger partial charge in [0.1, 0.15) is 34.3 Å². The minimum absolute atomic E-state index is 0. The third kappa shape index (κ3) is 12.5. The molecule has 0 spiro atoms. The van der Waals surface area contributed by atoms with Gasteiger partial charge in [-0.3, -0.25) is 45.6 Å². The van der Waals surface area contributed by atoms with E-state index in [9.17, 15) is 40.0 Å². The zero-order valence-corrected chi connectivity index (χ0v) is 31.2. The van der Waals surface area contributed by atoms with Crippen molar-refractivity contribution >= 4 is 57.9 Å². The number of nitro benzene ring substituents is 2. The third-order valence-corrected chi connectivity index (χ3v) is 7.93. The average Bonchev–Trinajstić information content (AvgIpc) is 3.19. The van der Waals surface area contributed by atoms with E-state index in [2.05, 4.69) is 21.1 Å². The number of aliphatic hydroxyl groups is 3. The molecule has 296 valence electrons. The molecule has 0 unspecified atom stereocenters. The van der Waals surface area contributed by atoms with Crippen LogP contribution in [-0.2, 0) is 27.0 Å². The van der Waals surface area contributed by atoms with Crippen molar-refractivity contribution in [3.8, 4) is 11.5 Å². The standard InChI is InChI=1S/2C16H11N3O4.C6H15NO3.Cr/c2*20-14-8-6-11(19(22)23)9-13(14)17-18-16-12-4-2-1-3-10(12)5-7-15(16)21;8-4-1-7(2-5-9)3-6-10;/h2*1-9,17,20H;8-10H,1-6H2;/p+1/b2*18-16-;;. The van der Waals surface area contributed by atoms with Crippen LogP contribution in [0.2, 0.25) is 0 Å². The van der Waals surface area contributed by atoms with Crippen molar-refractivity contribution in [2.45, 2.75) is 0 Å².